The molecular weight excluding hydrogens is 216 g/mol. The zero-order valence-corrected chi connectivity index (χ0v) is 10.6. The predicted octanol–water partition coefficient (Wildman–Crippen LogP) is 1.88. The molecule has 0 radical (unpaired) electrons. The van der Waals surface area contributed by atoms with Crippen LogP contribution >= 0.6 is 0 Å². The summed E-state index contributed by atoms with van der Waals surface area (Å²) in [6.45, 7) is 5.17. The molecule has 4 nitrogen and oxygen atoms in total. The van der Waals surface area contributed by atoms with E-state index in [4.69, 9.17) is 4.74 Å². The van der Waals surface area contributed by atoms with Crippen LogP contribution in [0.1, 0.15) is 13.8 Å². The lowest BCUT2D eigenvalue weighted by atomic mass is 10.2. The molecule has 1 aromatic carbocycles. The smallest absolute Gasteiger partial charge is 0.238 e. The predicted molar refractivity (Wildman–Crippen MR) is 69.3 cm³/mol. The molecule has 94 valence electrons. The molecule has 0 unspecified atom stereocenters. The van der Waals surface area contributed by atoms with Crippen LogP contribution in [-0.4, -0.2) is 26.1 Å². The summed E-state index contributed by atoms with van der Waals surface area (Å²) in [7, 11) is 1.74. The van der Waals surface area contributed by atoms with E-state index < -0.39 is 0 Å². The van der Waals surface area contributed by atoms with Gasteiger partial charge in [-0.1, -0.05) is 19.9 Å². The number of carbonyl (C=O) groups is 1. The van der Waals surface area contributed by atoms with Crippen molar-refractivity contribution in [2.24, 2.45) is 5.92 Å². The van der Waals surface area contributed by atoms with E-state index >= 15 is 0 Å². The molecule has 0 atom stereocenters. The summed E-state index contributed by atoms with van der Waals surface area (Å²) in [5.41, 5.74) is 0.756. The molecule has 0 saturated carbocycles. The molecular formula is C13H20N2O2. The lowest BCUT2D eigenvalue weighted by Gasteiger charge is -2.10. The normalized spacial score (nSPS) is 10.4. The van der Waals surface area contributed by atoms with Crippen LogP contribution in [0.25, 0.3) is 0 Å². The molecule has 0 aliphatic heterocycles. The van der Waals surface area contributed by atoms with Gasteiger partial charge in [-0.25, -0.2) is 0 Å². The van der Waals surface area contributed by atoms with Crippen LogP contribution in [0.2, 0.25) is 0 Å². The quantitative estimate of drug-likeness (QED) is 0.793. The van der Waals surface area contributed by atoms with E-state index in [1.165, 1.54) is 0 Å². The van der Waals surface area contributed by atoms with Gasteiger partial charge < -0.3 is 15.4 Å². The number of benzene rings is 1. The Hall–Kier alpha value is -1.55. The van der Waals surface area contributed by atoms with E-state index in [0.29, 0.717) is 19.1 Å². The van der Waals surface area contributed by atoms with Crippen LogP contribution in [0.3, 0.4) is 0 Å². The fraction of sp³-hybridized carbons (Fsp3) is 0.462. The van der Waals surface area contributed by atoms with Crippen molar-refractivity contribution in [1.29, 1.82) is 0 Å². The maximum absolute atomic E-state index is 11.4. The van der Waals surface area contributed by atoms with Crippen molar-refractivity contribution in [3.8, 4) is 5.75 Å². The monoisotopic (exact) mass is 236 g/mol. The largest absolute Gasteiger partial charge is 0.493 e. The van der Waals surface area contributed by atoms with Crippen molar-refractivity contribution in [2.45, 2.75) is 13.8 Å². The Bertz CT molecular complexity index is 364. The Labute approximate surface area is 102 Å². The molecule has 1 amide bonds. The Kier molecular flexibility index (Phi) is 5.49. The molecule has 2 N–H and O–H groups in total. The van der Waals surface area contributed by atoms with Gasteiger partial charge in [0.1, 0.15) is 5.75 Å². The average Bonchev–Trinajstić information content (AvgIpc) is 2.27. The highest BCUT2D eigenvalue weighted by Crippen LogP contribution is 2.17. The fourth-order valence-electron chi connectivity index (χ4n) is 1.29. The first-order valence-electron chi connectivity index (χ1n) is 5.79. The molecule has 0 saturated heterocycles. The standard InChI is InChI=1S/C13H20N2O2/c1-10(2)9-17-12-6-4-5-11(7-12)15-13(16)8-14-3/h4-7,10,14H,8-9H2,1-3H3,(H,15,16). The van der Waals surface area contributed by atoms with Crippen molar-refractivity contribution in [3.05, 3.63) is 24.3 Å². The molecule has 0 fully saturated rings. The molecule has 0 bridgehead atoms. The molecule has 4 heteroatoms. The maximum atomic E-state index is 11.4. The van der Waals surface area contributed by atoms with E-state index in [0.717, 1.165) is 11.4 Å². The van der Waals surface area contributed by atoms with Crippen LogP contribution in [0, 0.1) is 5.92 Å². The van der Waals surface area contributed by atoms with Crippen molar-refractivity contribution >= 4 is 11.6 Å². The molecule has 0 aromatic heterocycles. The van der Waals surface area contributed by atoms with Crippen molar-refractivity contribution in [2.75, 3.05) is 25.5 Å². The minimum Gasteiger partial charge on any atom is -0.493 e. The Morgan fingerprint density at radius 1 is 1.41 bits per heavy atom. The van der Waals surface area contributed by atoms with E-state index in [9.17, 15) is 4.79 Å². The molecule has 1 aromatic rings. The van der Waals surface area contributed by atoms with Gasteiger partial charge in [-0.3, -0.25) is 4.79 Å². The number of ether oxygens (including phenoxy) is 1. The van der Waals surface area contributed by atoms with Crippen molar-refractivity contribution in [1.82, 2.24) is 5.32 Å². The lowest BCUT2D eigenvalue weighted by molar-refractivity contribution is -0.115. The van der Waals surface area contributed by atoms with Crippen LogP contribution in [-0.2, 0) is 4.79 Å². The van der Waals surface area contributed by atoms with Gasteiger partial charge in [0, 0.05) is 11.8 Å². The summed E-state index contributed by atoms with van der Waals surface area (Å²) in [5, 5.41) is 5.59. The van der Waals surface area contributed by atoms with E-state index in [1.807, 2.05) is 24.3 Å². The molecule has 0 aliphatic rings. The minimum absolute atomic E-state index is 0.0616. The molecule has 0 aliphatic carbocycles. The fourth-order valence-corrected chi connectivity index (χ4v) is 1.29. The lowest BCUT2D eigenvalue weighted by Crippen LogP contribution is -2.25. The molecule has 0 heterocycles. The highest BCUT2D eigenvalue weighted by molar-refractivity contribution is 5.92. The molecule has 1 rings (SSSR count). The second-order valence-electron chi connectivity index (χ2n) is 4.31. The summed E-state index contributed by atoms with van der Waals surface area (Å²) >= 11 is 0. The number of amides is 1. The van der Waals surface area contributed by atoms with Crippen LogP contribution in [0.5, 0.6) is 5.75 Å². The summed E-state index contributed by atoms with van der Waals surface area (Å²) in [5.74, 6) is 1.20. The van der Waals surface area contributed by atoms with Crippen LogP contribution < -0.4 is 15.4 Å². The second-order valence-corrected chi connectivity index (χ2v) is 4.31. The SMILES string of the molecule is CNCC(=O)Nc1cccc(OCC(C)C)c1. The van der Waals surface area contributed by atoms with Crippen LogP contribution in [0.4, 0.5) is 5.69 Å². The minimum atomic E-state index is -0.0616. The van der Waals surface area contributed by atoms with E-state index in [2.05, 4.69) is 24.5 Å². The van der Waals surface area contributed by atoms with E-state index in [1.54, 1.807) is 7.05 Å². The second kappa shape index (κ2) is 6.91. The Morgan fingerprint density at radius 2 is 2.18 bits per heavy atom. The third-order valence-corrected chi connectivity index (χ3v) is 2.04. The van der Waals surface area contributed by atoms with Gasteiger partial charge in [-0.05, 0) is 25.1 Å². The third kappa shape index (κ3) is 5.36. The Balaban J connectivity index is 2.56. The first-order valence-corrected chi connectivity index (χ1v) is 5.79. The van der Waals surface area contributed by atoms with Crippen molar-refractivity contribution < 1.29 is 9.53 Å². The van der Waals surface area contributed by atoms with Gasteiger partial charge in [0.25, 0.3) is 0 Å². The number of anilines is 1. The molecule has 0 spiro atoms. The number of likely N-dealkylation sites (N-methyl/N-ethyl adjacent to an activating group) is 1. The third-order valence-electron chi connectivity index (χ3n) is 2.04. The van der Waals surface area contributed by atoms with Gasteiger partial charge in [-0.2, -0.15) is 0 Å². The van der Waals surface area contributed by atoms with Gasteiger partial charge in [0.15, 0.2) is 0 Å². The summed E-state index contributed by atoms with van der Waals surface area (Å²) in [4.78, 5) is 11.4. The zero-order valence-electron chi connectivity index (χ0n) is 10.6. The van der Waals surface area contributed by atoms with Gasteiger partial charge >= 0.3 is 0 Å². The summed E-state index contributed by atoms with van der Waals surface area (Å²) in [6.07, 6.45) is 0. The number of nitrogens with one attached hydrogen (secondary N) is 2. The van der Waals surface area contributed by atoms with Crippen molar-refractivity contribution in [3.63, 3.8) is 0 Å². The highest BCUT2D eigenvalue weighted by Gasteiger charge is 2.02. The first-order chi connectivity index (χ1) is 8.11. The summed E-state index contributed by atoms with van der Waals surface area (Å²) in [6, 6.07) is 7.42. The van der Waals surface area contributed by atoms with Gasteiger partial charge in [0.05, 0.1) is 13.2 Å². The first kappa shape index (κ1) is 13.5. The van der Waals surface area contributed by atoms with E-state index in [-0.39, 0.29) is 5.91 Å². The topological polar surface area (TPSA) is 50.4 Å². The number of carbonyl (C=O) groups excluding carboxylic acids is 1. The number of hydrogen-bond donors (Lipinski definition) is 2. The Morgan fingerprint density at radius 3 is 2.82 bits per heavy atom. The maximum Gasteiger partial charge on any atom is 0.238 e. The van der Waals surface area contributed by atoms with Gasteiger partial charge in [0.2, 0.25) is 5.91 Å². The number of rotatable bonds is 6. The highest BCUT2D eigenvalue weighted by atomic mass is 16.5. The number of hydrogen-bond acceptors (Lipinski definition) is 3. The summed E-state index contributed by atoms with van der Waals surface area (Å²) < 4.78 is 5.58. The van der Waals surface area contributed by atoms with Crippen LogP contribution in [0.15, 0.2) is 24.3 Å². The van der Waals surface area contributed by atoms with Gasteiger partial charge in [-0.15, -0.1) is 0 Å². The zero-order chi connectivity index (χ0) is 12.7. The molecule has 17 heavy (non-hydrogen) atoms. The average molecular weight is 236 g/mol.